The molecule has 1 unspecified atom stereocenters. The number of anilines is 1. The van der Waals surface area contributed by atoms with Gasteiger partial charge in [-0.1, -0.05) is 25.6 Å². The molecule has 11 nitrogen and oxygen atoms in total. The highest BCUT2D eigenvalue weighted by Crippen LogP contribution is 2.58. The minimum Gasteiger partial charge on any atom is -0.396 e. The number of aromatic amines is 1. The molecular weight excluding hydrogens is 442 g/mol. The molecule has 1 atom stereocenters. The van der Waals surface area contributed by atoms with E-state index in [0.29, 0.717) is 11.1 Å². The van der Waals surface area contributed by atoms with Crippen molar-refractivity contribution in [2.24, 2.45) is 16.8 Å². The maximum absolute atomic E-state index is 11.7. The summed E-state index contributed by atoms with van der Waals surface area (Å²) in [6, 6.07) is 0. The molecule has 0 aromatic carbocycles. The molecule has 3 N–H and O–H groups in total. The molecule has 2 heterocycles. The SMILES string of the molecule is CC(C)CC(/C=N/c1nc(NS(C)(=O)=O)nc(SC2(c3cnc(=O)[nH]c3)CC2)n1)CO. The van der Waals surface area contributed by atoms with Gasteiger partial charge in [-0.3, -0.25) is 4.72 Å². The van der Waals surface area contributed by atoms with Crippen LogP contribution in [0.1, 0.15) is 38.7 Å². The number of aliphatic hydroxyl groups is 1. The number of rotatable bonds is 10. The molecule has 2 aromatic rings. The van der Waals surface area contributed by atoms with Crippen molar-refractivity contribution >= 4 is 39.9 Å². The molecule has 1 saturated carbocycles. The zero-order valence-corrected chi connectivity index (χ0v) is 19.1. The van der Waals surface area contributed by atoms with Gasteiger partial charge in [0.2, 0.25) is 16.0 Å². The largest absolute Gasteiger partial charge is 0.396 e. The zero-order valence-electron chi connectivity index (χ0n) is 17.4. The van der Waals surface area contributed by atoms with Crippen molar-refractivity contribution in [2.45, 2.75) is 43.0 Å². The number of aromatic nitrogens is 5. The average molecular weight is 468 g/mol. The Morgan fingerprint density at radius 1 is 1.35 bits per heavy atom. The van der Waals surface area contributed by atoms with Crippen molar-refractivity contribution < 1.29 is 13.5 Å². The number of nitrogens with zero attached hydrogens (tertiary/aromatic N) is 5. The van der Waals surface area contributed by atoms with E-state index in [-0.39, 0.29) is 29.2 Å². The van der Waals surface area contributed by atoms with Crippen molar-refractivity contribution in [3.05, 3.63) is 28.4 Å². The van der Waals surface area contributed by atoms with Gasteiger partial charge in [0.05, 0.1) is 17.6 Å². The van der Waals surface area contributed by atoms with Crippen molar-refractivity contribution in [2.75, 3.05) is 17.6 Å². The van der Waals surface area contributed by atoms with Gasteiger partial charge in [-0.05, 0) is 25.2 Å². The molecule has 0 radical (unpaired) electrons. The molecule has 0 spiro atoms. The molecule has 0 amide bonds. The van der Waals surface area contributed by atoms with Gasteiger partial charge in [-0.25, -0.2) is 23.2 Å². The Balaban J connectivity index is 1.90. The van der Waals surface area contributed by atoms with E-state index in [1.54, 1.807) is 12.4 Å². The van der Waals surface area contributed by atoms with Crippen molar-refractivity contribution in [3.63, 3.8) is 0 Å². The third-order valence-corrected chi connectivity index (χ3v) is 6.43. The molecular formula is C18H25N7O4S2. The third kappa shape index (κ3) is 6.80. The van der Waals surface area contributed by atoms with Crippen LogP contribution in [-0.2, 0) is 14.8 Å². The minimum absolute atomic E-state index is 0.0428. The van der Waals surface area contributed by atoms with E-state index >= 15 is 0 Å². The van der Waals surface area contributed by atoms with E-state index in [4.69, 9.17) is 0 Å². The Morgan fingerprint density at radius 2 is 2.10 bits per heavy atom. The van der Waals surface area contributed by atoms with Gasteiger partial charge in [-0.15, -0.1) is 0 Å². The molecule has 0 aliphatic heterocycles. The number of hydrogen-bond donors (Lipinski definition) is 3. The highest BCUT2D eigenvalue weighted by molar-refractivity contribution is 8.00. The predicted octanol–water partition coefficient (Wildman–Crippen LogP) is 1.46. The van der Waals surface area contributed by atoms with E-state index in [1.165, 1.54) is 18.0 Å². The van der Waals surface area contributed by atoms with Crippen molar-refractivity contribution in [1.29, 1.82) is 0 Å². The highest BCUT2D eigenvalue weighted by Gasteiger charge is 2.47. The van der Waals surface area contributed by atoms with Crippen LogP contribution in [0, 0.1) is 11.8 Å². The van der Waals surface area contributed by atoms with Crippen LogP contribution in [0.5, 0.6) is 0 Å². The van der Waals surface area contributed by atoms with Gasteiger partial charge < -0.3 is 10.1 Å². The lowest BCUT2D eigenvalue weighted by Crippen LogP contribution is -2.15. The minimum atomic E-state index is -3.60. The second-order valence-corrected chi connectivity index (χ2v) is 11.0. The summed E-state index contributed by atoms with van der Waals surface area (Å²) in [6.45, 7) is 4.03. The molecule has 0 saturated heterocycles. The number of hydrogen-bond acceptors (Lipinski definition) is 10. The average Bonchev–Trinajstić information content (AvgIpc) is 3.44. The van der Waals surface area contributed by atoms with E-state index in [9.17, 15) is 18.3 Å². The van der Waals surface area contributed by atoms with Gasteiger partial charge in [0.15, 0.2) is 5.16 Å². The summed E-state index contributed by atoms with van der Waals surface area (Å²) in [4.78, 5) is 34.5. The number of aliphatic hydroxyl groups excluding tert-OH is 1. The summed E-state index contributed by atoms with van der Waals surface area (Å²) in [6.07, 6.45) is 8.11. The van der Waals surface area contributed by atoms with Gasteiger partial charge >= 0.3 is 5.69 Å². The number of aliphatic imine (C=N–C) groups is 1. The van der Waals surface area contributed by atoms with Crippen LogP contribution in [0.25, 0.3) is 0 Å². The first-order valence-corrected chi connectivity index (χ1v) is 12.4. The lowest BCUT2D eigenvalue weighted by molar-refractivity contribution is 0.247. The Bertz CT molecular complexity index is 1090. The lowest BCUT2D eigenvalue weighted by atomic mass is 9.99. The summed E-state index contributed by atoms with van der Waals surface area (Å²) in [5, 5.41) is 9.84. The zero-order chi connectivity index (χ0) is 22.6. The molecule has 168 valence electrons. The molecule has 1 aliphatic rings. The van der Waals surface area contributed by atoms with Crippen LogP contribution in [-0.4, -0.2) is 57.5 Å². The normalized spacial score (nSPS) is 16.5. The standard InChI is InChI=1S/C18H25N7O4S2/c1-11(2)6-12(10-26)7-19-14-22-15(25-31(3,28)29)24-17(23-14)30-18(4-5-18)13-8-20-16(27)21-9-13/h7-9,11-12,26H,4-6,10H2,1-3H3,(H,20,21,27)(H,22,23,24,25)/b19-7+. The van der Waals surface area contributed by atoms with Crippen LogP contribution in [0.3, 0.4) is 0 Å². The van der Waals surface area contributed by atoms with Crippen LogP contribution >= 0.6 is 11.8 Å². The third-order valence-electron chi connectivity index (χ3n) is 4.48. The fourth-order valence-electron chi connectivity index (χ4n) is 2.95. The van der Waals surface area contributed by atoms with E-state index in [1.807, 2.05) is 13.8 Å². The summed E-state index contributed by atoms with van der Waals surface area (Å²) < 4.78 is 25.3. The smallest absolute Gasteiger partial charge is 0.344 e. The Labute approximate surface area is 184 Å². The van der Waals surface area contributed by atoms with Gasteiger partial charge in [0.25, 0.3) is 5.95 Å². The quantitative estimate of drug-likeness (QED) is 0.439. The summed E-state index contributed by atoms with van der Waals surface area (Å²) in [5.41, 5.74) is 0.401. The number of nitrogens with one attached hydrogen (secondary N) is 2. The van der Waals surface area contributed by atoms with E-state index in [2.05, 4.69) is 34.6 Å². The van der Waals surface area contributed by atoms with Crippen LogP contribution < -0.4 is 10.4 Å². The van der Waals surface area contributed by atoms with Gasteiger partial charge in [0, 0.05) is 30.1 Å². The first-order chi connectivity index (χ1) is 14.6. The molecule has 13 heteroatoms. The first-order valence-electron chi connectivity index (χ1n) is 9.72. The Morgan fingerprint density at radius 3 is 2.65 bits per heavy atom. The topological polar surface area (TPSA) is 163 Å². The van der Waals surface area contributed by atoms with Crippen molar-refractivity contribution in [1.82, 2.24) is 24.9 Å². The molecule has 31 heavy (non-hydrogen) atoms. The van der Waals surface area contributed by atoms with E-state index in [0.717, 1.165) is 31.1 Å². The van der Waals surface area contributed by atoms with Crippen LogP contribution in [0.2, 0.25) is 0 Å². The summed E-state index contributed by atoms with van der Waals surface area (Å²) in [5.74, 6) is 0.116. The highest BCUT2D eigenvalue weighted by atomic mass is 32.2. The van der Waals surface area contributed by atoms with Crippen LogP contribution in [0.15, 0.2) is 27.3 Å². The molecule has 0 bridgehead atoms. The lowest BCUT2D eigenvalue weighted by Gasteiger charge is -2.14. The van der Waals surface area contributed by atoms with Crippen molar-refractivity contribution in [3.8, 4) is 0 Å². The monoisotopic (exact) mass is 467 g/mol. The summed E-state index contributed by atoms with van der Waals surface area (Å²) in [7, 11) is -3.60. The Kier molecular flexibility index (Phi) is 7.06. The number of thioether (sulfide) groups is 1. The second kappa shape index (κ2) is 9.40. The maximum atomic E-state index is 11.7. The summed E-state index contributed by atoms with van der Waals surface area (Å²) >= 11 is 1.34. The predicted molar refractivity (Wildman–Crippen MR) is 118 cm³/mol. The second-order valence-electron chi connectivity index (χ2n) is 7.87. The molecule has 3 rings (SSSR count). The first kappa shape index (κ1) is 23.3. The van der Waals surface area contributed by atoms with Gasteiger partial charge in [-0.2, -0.15) is 15.0 Å². The van der Waals surface area contributed by atoms with Crippen LogP contribution in [0.4, 0.5) is 11.9 Å². The van der Waals surface area contributed by atoms with E-state index < -0.39 is 15.7 Å². The molecule has 1 aliphatic carbocycles. The fraction of sp³-hybridized carbons (Fsp3) is 0.556. The number of sulfonamides is 1. The maximum Gasteiger partial charge on any atom is 0.344 e. The molecule has 1 fully saturated rings. The Hall–Kier alpha value is -2.38. The number of H-pyrrole nitrogens is 1. The van der Waals surface area contributed by atoms with Gasteiger partial charge in [0.1, 0.15) is 0 Å². The fourth-order valence-corrected chi connectivity index (χ4v) is 4.52. The molecule has 2 aromatic heterocycles.